The number of carbonyl (C=O) groups excluding carboxylic acids is 6. The van der Waals surface area contributed by atoms with Crippen LogP contribution < -0.4 is 24.6 Å². The first-order valence-electron chi connectivity index (χ1n) is 18.6. The summed E-state index contributed by atoms with van der Waals surface area (Å²) < 4.78 is 46.7. The first kappa shape index (κ1) is 45.5. The van der Waals surface area contributed by atoms with Crippen LogP contribution >= 0.6 is 15.9 Å². The molecule has 0 amide bonds. The number of ether oxygens (including phenoxy) is 8. The minimum atomic E-state index is -0.951. The van der Waals surface area contributed by atoms with Gasteiger partial charge >= 0.3 is 41.8 Å². The fourth-order valence-electron chi connectivity index (χ4n) is 5.03. The van der Waals surface area contributed by atoms with Crippen LogP contribution in [-0.4, -0.2) is 67.6 Å². The molecule has 1 aromatic heterocycles. The van der Waals surface area contributed by atoms with E-state index in [1.807, 2.05) is 0 Å². The molecule has 320 valence electrons. The van der Waals surface area contributed by atoms with Crippen molar-refractivity contribution in [1.29, 1.82) is 0 Å². The summed E-state index contributed by atoms with van der Waals surface area (Å²) in [6, 6.07) is 19.9. The molecule has 62 heavy (non-hydrogen) atoms. The van der Waals surface area contributed by atoms with Crippen molar-refractivity contribution in [3.8, 4) is 34.5 Å². The molecule has 18 heteroatoms. The Morgan fingerprint density at radius 3 is 1.56 bits per heavy atom. The third-order valence-corrected chi connectivity index (χ3v) is 8.73. The average Bonchev–Trinajstić information content (AvgIpc) is 3.27. The smallest absolute Gasteiger partial charge is 0.463 e. The highest BCUT2D eigenvalue weighted by Gasteiger charge is 2.17. The van der Waals surface area contributed by atoms with E-state index in [-0.39, 0.29) is 77.3 Å². The lowest BCUT2D eigenvalue weighted by Gasteiger charge is -2.09. The van der Waals surface area contributed by atoms with Crippen molar-refractivity contribution >= 4 is 63.0 Å². The van der Waals surface area contributed by atoms with Crippen LogP contribution in [0.3, 0.4) is 0 Å². The molecule has 4 aromatic carbocycles. The lowest BCUT2D eigenvalue weighted by Crippen LogP contribution is -2.13. The molecule has 0 spiro atoms. The Bertz CT molecular complexity index is 2510. The Morgan fingerprint density at radius 2 is 1.06 bits per heavy atom. The summed E-state index contributed by atoms with van der Waals surface area (Å²) in [5, 5.41) is 0.0395. The highest BCUT2D eigenvalue weighted by atomic mass is 79.9. The summed E-state index contributed by atoms with van der Waals surface area (Å²) in [7, 11) is 0. The van der Waals surface area contributed by atoms with Crippen molar-refractivity contribution in [3.05, 3.63) is 136 Å². The van der Waals surface area contributed by atoms with Crippen LogP contribution in [0.15, 0.2) is 124 Å². The maximum atomic E-state index is 13.0. The predicted molar refractivity (Wildman–Crippen MR) is 221 cm³/mol. The van der Waals surface area contributed by atoms with Crippen LogP contribution in [0.5, 0.6) is 23.0 Å². The van der Waals surface area contributed by atoms with Gasteiger partial charge in [-0.3, -0.25) is 0 Å². The number of rotatable bonds is 19. The highest BCUT2D eigenvalue weighted by Crippen LogP contribution is 2.31. The zero-order chi connectivity index (χ0) is 44.4. The van der Waals surface area contributed by atoms with Gasteiger partial charge in [-0.2, -0.15) is 0 Å². The van der Waals surface area contributed by atoms with Gasteiger partial charge in [0.25, 0.3) is 0 Å². The summed E-state index contributed by atoms with van der Waals surface area (Å²) in [6.45, 7) is 7.02. The number of esters is 4. The van der Waals surface area contributed by atoms with E-state index in [4.69, 9.17) is 42.3 Å². The van der Waals surface area contributed by atoms with Gasteiger partial charge in [0.15, 0.2) is 0 Å². The summed E-state index contributed by atoms with van der Waals surface area (Å²) >= 11 is 3.37. The van der Waals surface area contributed by atoms with Gasteiger partial charge in [-0.25, -0.2) is 38.5 Å². The van der Waals surface area contributed by atoms with E-state index < -0.39 is 41.8 Å². The van der Waals surface area contributed by atoms with Crippen molar-refractivity contribution in [3.63, 3.8) is 0 Å². The normalized spacial score (nSPS) is 10.5. The largest absolute Gasteiger partial charge is 0.513 e. The molecule has 17 nitrogen and oxygen atoms in total. The fourth-order valence-corrected chi connectivity index (χ4v) is 5.49. The topological polar surface area (TPSA) is 219 Å². The first-order valence-corrected chi connectivity index (χ1v) is 19.4. The number of unbranched alkanes of at least 4 members (excludes halogenated alkanes) is 2. The minimum Gasteiger partial charge on any atom is -0.463 e. The summed E-state index contributed by atoms with van der Waals surface area (Å²) in [5.41, 5.74) is 0.139. The van der Waals surface area contributed by atoms with Gasteiger partial charge in [0.2, 0.25) is 5.89 Å². The number of benzene rings is 4. The Hall–Kier alpha value is -7.60. The third-order valence-electron chi connectivity index (χ3n) is 8.11. The molecule has 0 fully saturated rings. The number of halogens is 1. The van der Waals surface area contributed by atoms with Crippen molar-refractivity contribution < 1.29 is 71.1 Å². The van der Waals surface area contributed by atoms with Crippen molar-refractivity contribution in [1.82, 2.24) is 4.98 Å². The molecule has 0 unspecified atom stereocenters. The second kappa shape index (κ2) is 22.7. The van der Waals surface area contributed by atoms with Crippen LogP contribution in [0.4, 0.5) is 9.59 Å². The molecule has 5 aromatic rings. The number of nitrogens with zero attached hydrogens (tertiary/aromatic N) is 1. The second-order valence-corrected chi connectivity index (χ2v) is 13.4. The number of hydrogen-bond donors (Lipinski definition) is 0. The van der Waals surface area contributed by atoms with E-state index in [1.54, 1.807) is 6.07 Å². The highest BCUT2D eigenvalue weighted by molar-refractivity contribution is 9.10. The quantitative estimate of drug-likeness (QED) is 0.0191. The zero-order valence-electron chi connectivity index (χ0n) is 32.7. The van der Waals surface area contributed by atoms with Crippen LogP contribution in [-0.2, 0) is 28.5 Å². The average molecular weight is 915 g/mol. The first-order chi connectivity index (χ1) is 29.9. The second-order valence-electron chi connectivity index (χ2n) is 12.5. The lowest BCUT2D eigenvalue weighted by molar-refractivity contribution is -0.138. The third kappa shape index (κ3) is 13.7. The molecule has 0 saturated carbocycles. The number of hydrogen-bond acceptors (Lipinski definition) is 17. The van der Waals surface area contributed by atoms with Gasteiger partial charge in [0, 0.05) is 17.7 Å². The molecule has 0 aliphatic rings. The molecule has 0 aliphatic carbocycles. The van der Waals surface area contributed by atoms with Crippen molar-refractivity contribution in [2.45, 2.75) is 25.7 Å². The van der Waals surface area contributed by atoms with Crippen molar-refractivity contribution in [2.75, 3.05) is 26.4 Å². The Morgan fingerprint density at radius 1 is 0.581 bits per heavy atom. The number of aromatic nitrogens is 1. The molecule has 1 heterocycles. The van der Waals surface area contributed by atoms with E-state index >= 15 is 0 Å². The lowest BCUT2D eigenvalue weighted by atomic mass is 10.2. The molecule has 0 N–H and O–H groups in total. The van der Waals surface area contributed by atoms with E-state index in [0.29, 0.717) is 35.7 Å². The van der Waals surface area contributed by atoms with Crippen LogP contribution in [0, 0.1) is 0 Å². The molecule has 0 aliphatic heterocycles. The summed E-state index contributed by atoms with van der Waals surface area (Å²) in [4.78, 5) is 89.2. The zero-order valence-corrected chi connectivity index (χ0v) is 34.3. The van der Waals surface area contributed by atoms with Gasteiger partial charge in [0.1, 0.15) is 23.0 Å². The maximum absolute atomic E-state index is 13.0. The van der Waals surface area contributed by atoms with E-state index in [9.17, 15) is 33.6 Å². The van der Waals surface area contributed by atoms with Gasteiger partial charge in [-0.15, -0.1) is 0 Å². The molecule has 5 rings (SSSR count). The van der Waals surface area contributed by atoms with Gasteiger partial charge in [-0.05, 0) is 127 Å². The van der Waals surface area contributed by atoms with Crippen LogP contribution in [0.2, 0.25) is 0 Å². The predicted octanol–water partition coefficient (Wildman–Crippen LogP) is 8.11. The molecular formula is C44H36BrNO16. The minimum absolute atomic E-state index is 0.0355. The Balaban J connectivity index is 1.10. The van der Waals surface area contributed by atoms with Crippen LogP contribution in [0.1, 0.15) is 46.4 Å². The van der Waals surface area contributed by atoms with Gasteiger partial charge in [0.05, 0.1) is 52.9 Å². The fraction of sp³-hybridized carbons (Fsp3) is 0.182. The standard InChI is InChI=1S/C44H36BrNO16/c1-3-37(47)54-21-5-7-23-56-43(52)59-30-14-9-27(10-15-30)40(49)58-32-18-19-35-33(26-32)42(51)62-39(46-35)29-13-20-36(34(45)25-29)61-41(50)28-11-16-31(17-12-28)60-44(53)57-24-8-6-22-55-38(48)4-2/h3-4,9-20,25-26H,1-2,5-8,21-24H2. The van der Waals surface area contributed by atoms with Crippen LogP contribution in [0.25, 0.3) is 22.4 Å². The Kier molecular flexibility index (Phi) is 16.6. The van der Waals surface area contributed by atoms with E-state index in [2.05, 4.69) is 34.1 Å². The van der Waals surface area contributed by atoms with E-state index in [0.717, 1.165) is 12.2 Å². The molecule has 0 saturated heterocycles. The maximum Gasteiger partial charge on any atom is 0.513 e. The summed E-state index contributed by atoms with van der Waals surface area (Å²) in [5.74, 6) is -2.13. The number of carbonyl (C=O) groups is 6. The number of fused-ring (bicyclic) bond motifs is 1. The molecule has 0 bridgehead atoms. The van der Waals surface area contributed by atoms with Gasteiger partial charge < -0.3 is 42.3 Å². The monoisotopic (exact) mass is 913 g/mol. The van der Waals surface area contributed by atoms with Crippen molar-refractivity contribution in [2.24, 2.45) is 0 Å². The SMILES string of the molecule is C=CC(=O)OCCCCOC(=O)Oc1ccc(C(=O)Oc2ccc3nc(-c4ccc(OC(=O)c5ccc(OC(=O)OCCCCOC(=O)C=C)cc5)c(Br)c4)oc(=O)c3c2)cc1. The molecule has 0 radical (unpaired) electrons. The Labute approximate surface area is 360 Å². The summed E-state index contributed by atoms with van der Waals surface area (Å²) in [6.07, 6.45) is 2.06. The molecular weight excluding hydrogens is 878 g/mol. The van der Waals surface area contributed by atoms with E-state index in [1.165, 1.54) is 78.9 Å². The molecule has 0 atom stereocenters. The van der Waals surface area contributed by atoms with Gasteiger partial charge in [-0.1, -0.05) is 13.2 Å².